The molecule has 1 aromatic heterocycles. The number of benzene rings is 2. The van der Waals surface area contributed by atoms with E-state index < -0.39 is 11.9 Å². The highest BCUT2D eigenvalue weighted by Crippen LogP contribution is 2.41. The van der Waals surface area contributed by atoms with Gasteiger partial charge in [0.2, 0.25) is 11.8 Å². The predicted octanol–water partition coefficient (Wildman–Crippen LogP) is 3.74. The molecular weight excluding hydrogens is 492 g/mol. The van der Waals surface area contributed by atoms with Gasteiger partial charge in [-0.25, -0.2) is 0 Å². The average Bonchev–Trinajstić information content (AvgIpc) is 3.52. The summed E-state index contributed by atoms with van der Waals surface area (Å²) in [5.74, 6) is -0.883. The molecule has 39 heavy (non-hydrogen) atoms. The van der Waals surface area contributed by atoms with Crippen LogP contribution < -0.4 is 10.2 Å². The van der Waals surface area contributed by atoms with Crippen LogP contribution in [-0.2, 0) is 27.3 Å². The van der Waals surface area contributed by atoms with Gasteiger partial charge in [0, 0.05) is 49.8 Å². The van der Waals surface area contributed by atoms with Gasteiger partial charge < -0.3 is 4.74 Å². The number of pyridine rings is 1. The number of carbonyl (C=O) groups excluding carboxylic acids is 3. The van der Waals surface area contributed by atoms with Crippen molar-refractivity contribution >= 4 is 34.2 Å². The molecule has 8 heteroatoms. The quantitative estimate of drug-likeness (QED) is 0.512. The van der Waals surface area contributed by atoms with E-state index in [1.165, 1.54) is 12.8 Å². The van der Waals surface area contributed by atoms with E-state index in [9.17, 15) is 14.4 Å². The molecule has 3 amide bonds. The Balaban J connectivity index is 1.08. The van der Waals surface area contributed by atoms with Gasteiger partial charge >= 0.3 is 0 Å². The summed E-state index contributed by atoms with van der Waals surface area (Å²) < 4.78 is 6.06. The van der Waals surface area contributed by atoms with Gasteiger partial charge in [0.1, 0.15) is 6.04 Å². The lowest BCUT2D eigenvalue weighted by Crippen LogP contribution is -2.53. The Labute approximate surface area is 227 Å². The molecule has 3 aromatic rings. The minimum Gasteiger partial charge on any atom is -0.375 e. The van der Waals surface area contributed by atoms with E-state index in [4.69, 9.17) is 9.72 Å². The van der Waals surface area contributed by atoms with Gasteiger partial charge in [-0.15, -0.1) is 0 Å². The summed E-state index contributed by atoms with van der Waals surface area (Å²) in [7, 11) is 0. The van der Waals surface area contributed by atoms with Crippen molar-refractivity contribution in [3.8, 4) is 0 Å². The molecule has 0 saturated carbocycles. The number of nitrogens with zero attached hydrogens (tertiary/aromatic N) is 3. The molecule has 8 nitrogen and oxygen atoms in total. The lowest BCUT2D eigenvalue weighted by Gasteiger charge is -2.38. The molecule has 1 atom stereocenters. The highest BCUT2D eigenvalue weighted by atomic mass is 16.5. The first-order chi connectivity index (χ1) is 19.0. The Hall–Kier alpha value is -3.62. The van der Waals surface area contributed by atoms with Crippen LogP contribution in [0.5, 0.6) is 0 Å². The fraction of sp³-hybridized carbons (Fsp3) is 0.419. The van der Waals surface area contributed by atoms with E-state index in [1.54, 1.807) is 4.90 Å². The molecule has 2 aromatic carbocycles. The average molecular weight is 525 g/mol. The largest absolute Gasteiger partial charge is 0.375 e. The Morgan fingerprint density at radius 1 is 1.03 bits per heavy atom. The number of hydrogen-bond donors (Lipinski definition) is 1. The third-order valence-electron chi connectivity index (χ3n) is 8.96. The third kappa shape index (κ3) is 4.32. The maximum atomic E-state index is 13.4. The maximum Gasteiger partial charge on any atom is 0.259 e. The SMILES string of the molecule is O=C1CC[C@@H](N2C(=O)c3cccc4c(Cc5ccc(CN6CCC7(CCCO7)CC6)nc5)ccc2c34)C(=O)N1. The first-order valence-corrected chi connectivity index (χ1v) is 14.0. The van der Waals surface area contributed by atoms with Crippen LogP contribution in [0.1, 0.15) is 65.7 Å². The first kappa shape index (κ1) is 24.4. The number of imide groups is 1. The molecule has 4 aliphatic rings. The smallest absolute Gasteiger partial charge is 0.259 e. The number of anilines is 1. The minimum absolute atomic E-state index is 0.136. The number of amides is 3. The van der Waals surface area contributed by atoms with Crippen LogP contribution >= 0.6 is 0 Å². The van der Waals surface area contributed by atoms with E-state index in [2.05, 4.69) is 22.3 Å². The van der Waals surface area contributed by atoms with Crippen molar-refractivity contribution in [2.24, 2.45) is 0 Å². The van der Waals surface area contributed by atoms with Gasteiger partial charge in [0.05, 0.1) is 17.0 Å². The van der Waals surface area contributed by atoms with Gasteiger partial charge in [-0.05, 0) is 73.2 Å². The number of piperidine rings is 2. The van der Waals surface area contributed by atoms with Crippen molar-refractivity contribution in [3.63, 3.8) is 0 Å². The van der Waals surface area contributed by atoms with E-state index in [0.717, 1.165) is 72.4 Å². The molecule has 0 aliphatic carbocycles. The van der Waals surface area contributed by atoms with Crippen molar-refractivity contribution in [2.75, 3.05) is 24.6 Å². The van der Waals surface area contributed by atoms with Gasteiger partial charge in [0.25, 0.3) is 5.91 Å². The Kier molecular flexibility index (Phi) is 5.97. The third-order valence-corrected chi connectivity index (χ3v) is 8.96. The van der Waals surface area contributed by atoms with Crippen molar-refractivity contribution in [2.45, 2.75) is 63.1 Å². The van der Waals surface area contributed by atoms with E-state index in [-0.39, 0.29) is 23.8 Å². The molecule has 1 spiro atoms. The molecule has 0 unspecified atom stereocenters. The summed E-state index contributed by atoms with van der Waals surface area (Å²) in [5.41, 5.74) is 4.78. The molecule has 1 N–H and O–H groups in total. The Morgan fingerprint density at radius 2 is 1.90 bits per heavy atom. The van der Waals surface area contributed by atoms with Crippen molar-refractivity contribution in [1.29, 1.82) is 0 Å². The number of nitrogens with one attached hydrogen (secondary N) is 1. The molecule has 7 rings (SSSR count). The number of hydrogen-bond acceptors (Lipinski definition) is 6. The Bertz CT molecular complexity index is 1470. The minimum atomic E-state index is -0.676. The molecule has 3 fully saturated rings. The van der Waals surface area contributed by atoms with Crippen LogP contribution in [0.2, 0.25) is 0 Å². The summed E-state index contributed by atoms with van der Waals surface area (Å²) in [5, 5.41) is 4.27. The van der Waals surface area contributed by atoms with E-state index in [0.29, 0.717) is 18.4 Å². The highest BCUT2D eigenvalue weighted by molar-refractivity contribution is 6.27. The number of rotatable bonds is 5. The van der Waals surface area contributed by atoms with Gasteiger partial charge in [0.15, 0.2) is 0 Å². The summed E-state index contributed by atoms with van der Waals surface area (Å²) in [6.07, 6.45) is 7.84. The van der Waals surface area contributed by atoms with Crippen LogP contribution in [-0.4, -0.2) is 58.9 Å². The molecule has 5 heterocycles. The summed E-state index contributed by atoms with van der Waals surface area (Å²) in [6.45, 7) is 3.88. The fourth-order valence-corrected chi connectivity index (χ4v) is 6.83. The number of carbonyl (C=O) groups is 3. The standard InChI is InChI=1S/C31H32N4O4/c36-27-10-9-26(29(37)33-27)35-25-8-6-21(23-3-1-4-24(28(23)25)30(35)38)17-20-5-7-22(32-18-20)19-34-14-12-31(13-15-34)11-2-16-39-31/h1,3-8,18,26H,2,9-17,19H2,(H,33,36,37)/t26-/m1/s1. The number of ether oxygens (including phenoxy) is 1. The van der Waals surface area contributed by atoms with Crippen LogP contribution in [0, 0.1) is 0 Å². The molecule has 3 saturated heterocycles. The van der Waals surface area contributed by atoms with E-state index >= 15 is 0 Å². The van der Waals surface area contributed by atoms with Gasteiger partial charge in [-0.1, -0.05) is 24.3 Å². The molecule has 0 radical (unpaired) electrons. The summed E-state index contributed by atoms with van der Waals surface area (Å²) in [6, 6.07) is 13.3. The fourth-order valence-electron chi connectivity index (χ4n) is 6.83. The topological polar surface area (TPSA) is 91.8 Å². The summed E-state index contributed by atoms with van der Waals surface area (Å²) in [4.78, 5) is 46.5. The number of likely N-dealkylation sites (tertiary alicyclic amines) is 1. The summed E-state index contributed by atoms with van der Waals surface area (Å²) >= 11 is 0. The van der Waals surface area contributed by atoms with Crippen LogP contribution in [0.15, 0.2) is 48.7 Å². The molecule has 200 valence electrons. The van der Waals surface area contributed by atoms with Crippen LogP contribution in [0.4, 0.5) is 5.69 Å². The molecular formula is C31H32N4O4. The second kappa shape index (κ2) is 9.54. The highest BCUT2D eigenvalue weighted by Gasteiger charge is 2.41. The first-order valence-electron chi connectivity index (χ1n) is 14.0. The van der Waals surface area contributed by atoms with Gasteiger partial charge in [-0.2, -0.15) is 0 Å². The lowest BCUT2D eigenvalue weighted by atomic mass is 9.88. The zero-order valence-corrected chi connectivity index (χ0v) is 21.9. The zero-order valence-electron chi connectivity index (χ0n) is 21.9. The van der Waals surface area contributed by atoms with Crippen molar-refractivity contribution in [3.05, 3.63) is 71.0 Å². The normalized spacial score (nSPS) is 22.7. The molecule has 0 bridgehead atoms. The Morgan fingerprint density at radius 3 is 2.64 bits per heavy atom. The van der Waals surface area contributed by atoms with Crippen molar-refractivity contribution in [1.82, 2.24) is 15.2 Å². The maximum absolute atomic E-state index is 13.4. The van der Waals surface area contributed by atoms with E-state index in [1.807, 2.05) is 36.5 Å². The van der Waals surface area contributed by atoms with Crippen molar-refractivity contribution < 1.29 is 19.1 Å². The number of aromatic nitrogens is 1. The predicted molar refractivity (Wildman–Crippen MR) is 146 cm³/mol. The second-order valence-electron chi connectivity index (χ2n) is 11.4. The van der Waals surface area contributed by atoms with Gasteiger partial charge in [-0.3, -0.25) is 34.5 Å². The zero-order chi connectivity index (χ0) is 26.6. The van der Waals surface area contributed by atoms with Crippen LogP contribution in [0.3, 0.4) is 0 Å². The van der Waals surface area contributed by atoms with Crippen LogP contribution in [0.25, 0.3) is 10.8 Å². The lowest BCUT2D eigenvalue weighted by molar-refractivity contribution is -0.134. The second-order valence-corrected chi connectivity index (χ2v) is 11.4. The molecule has 4 aliphatic heterocycles. The monoisotopic (exact) mass is 524 g/mol.